The molecular weight excluding hydrogens is 414 g/mol. The van der Waals surface area contributed by atoms with E-state index < -0.39 is 0 Å². The molecule has 0 saturated carbocycles. The molecule has 2 heterocycles. The van der Waals surface area contributed by atoms with Gasteiger partial charge in [-0.1, -0.05) is 36.4 Å². The lowest BCUT2D eigenvalue weighted by Crippen LogP contribution is -2.13. The molecule has 0 fully saturated rings. The fourth-order valence-electron chi connectivity index (χ4n) is 2.94. The fraction of sp³-hybridized carbons (Fsp3) is 0.130. The van der Waals surface area contributed by atoms with Crippen molar-refractivity contribution in [3.63, 3.8) is 0 Å². The van der Waals surface area contributed by atoms with Crippen molar-refractivity contribution in [3.05, 3.63) is 87.4 Å². The zero-order chi connectivity index (χ0) is 20.8. The van der Waals surface area contributed by atoms with E-state index in [0.717, 1.165) is 27.4 Å². The Morgan fingerprint density at radius 3 is 2.70 bits per heavy atom. The lowest BCUT2D eigenvalue weighted by atomic mass is 10.2. The zero-order valence-electron chi connectivity index (χ0n) is 16.4. The molecule has 0 atom stereocenters. The van der Waals surface area contributed by atoms with E-state index in [-0.39, 0.29) is 5.75 Å². The highest BCUT2D eigenvalue weighted by atomic mass is 32.1. The number of benzene rings is 2. The second-order valence-electron chi connectivity index (χ2n) is 6.49. The van der Waals surface area contributed by atoms with E-state index in [4.69, 9.17) is 14.8 Å². The Labute approximate surface area is 182 Å². The van der Waals surface area contributed by atoms with Gasteiger partial charge < -0.3 is 9.84 Å². The molecule has 7 heteroatoms. The highest BCUT2D eigenvalue weighted by molar-refractivity contribution is 7.14. The van der Waals surface area contributed by atoms with E-state index in [9.17, 15) is 5.11 Å². The minimum atomic E-state index is 0.105. The van der Waals surface area contributed by atoms with Crippen LogP contribution in [0.15, 0.2) is 81.5 Å². The number of nitrogens with zero attached hydrogens (tertiary/aromatic N) is 3. The number of aromatic nitrogens is 1. The minimum absolute atomic E-state index is 0.105. The lowest BCUT2D eigenvalue weighted by Gasteiger charge is -2.04. The van der Waals surface area contributed by atoms with Crippen molar-refractivity contribution in [1.82, 2.24) is 4.68 Å². The molecule has 0 aliphatic rings. The summed E-state index contributed by atoms with van der Waals surface area (Å²) in [5.74, 6) is 0.522. The molecule has 0 bridgehead atoms. The highest BCUT2D eigenvalue weighted by Gasteiger charge is 2.08. The van der Waals surface area contributed by atoms with Crippen molar-refractivity contribution in [1.29, 1.82) is 0 Å². The number of rotatable bonds is 7. The summed E-state index contributed by atoms with van der Waals surface area (Å²) in [6, 6.07) is 19.6. The zero-order valence-corrected chi connectivity index (χ0v) is 18.1. The van der Waals surface area contributed by atoms with Gasteiger partial charge in [-0.3, -0.25) is 4.99 Å². The highest BCUT2D eigenvalue weighted by Crippen LogP contribution is 2.27. The third-order valence-electron chi connectivity index (χ3n) is 4.48. The maximum Gasteiger partial charge on any atom is 0.206 e. The predicted molar refractivity (Wildman–Crippen MR) is 124 cm³/mol. The molecule has 0 radical (unpaired) electrons. The molecule has 5 nitrogen and oxygen atoms in total. The van der Waals surface area contributed by atoms with Crippen LogP contribution in [0.5, 0.6) is 11.5 Å². The Kier molecular flexibility index (Phi) is 6.41. The van der Waals surface area contributed by atoms with Crippen LogP contribution in [0.2, 0.25) is 0 Å². The van der Waals surface area contributed by atoms with Gasteiger partial charge in [0.15, 0.2) is 11.5 Å². The van der Waals surface area contributed by atoms with Crippen LogP contribution >= 0.6 is 22.7 Å². The van der Waals surface area contributed by atoms with Crippen LogP contribution in [0.4, 0.5) is 0 Å². The third-order valence-corrected chi connectivity index (χ3v) is 6.22. The van der Waals surface area contributed by atoms with Gasteiger partial charge in [-0.05, 0) is 47.2 Å². The molecule has 2 aromatic heterocycles. The van der Waals surface area contributed by atoms with Crippen LogP contribution in [0.1, 0.15) is 11.1 Å². The molecule has 0 aliphatic heterocycles. The Hall–Kier alpha value is -3.16. The number of ether oxygens (including phenoxy) is 1. The van der Waals surface area contributed by atoms with Gasteiger partial charge in [0.2, 0.25) is 4.80 Å². The summed E-state index contributed by atoms with van der Waals surface area (Å²) in [5.41, 5.74) is 3.11. The van der Waals surface area contributed by atoms with Gasteiger partial charge in [-0.25, -0.2) is 4.68 Å². The number of phenolic OH excluding ortho intramolecular Hbond substituents is 1. The van der Waals surface area contributed by atoms with Gasteiger partial charge in [0.05, 0.1) is 23.9 Å². The Balaban J connectivity index is 1.65. The molecule has 0 unspecified atom stereocenters. The molecule has 1 N–H and O–H groups in total. The monoisotopic (exact) mass is 435 g/mol. The van der Waals surface area contributed by atoms with Crippen molar-refractivity contribution in [2.24, 2.45) is 10.1 Å². The van der Waals surface area contributed by atoms with Crippen molar-refractivity contribution in [3.8, 4) is 22.1 Å². The first-order chi connectivity index (χ1) is 14.7. The average molecular weight is 436 g/mol. The Morgan fingerprint density at radius 1 is 1.07 bits per heavy atom. The standard InChI is InChI=1S/C23H21N3O2S2/c1-28-21-14-18(9-10-20(21)27)15-25-26-19(22-8-5-13-29-22)16-30-23(26)24-12-11-17-6-3-2-4-7-17/h2-10,13-16,27H,11-12H2,1H3. The van der Waals surface area contributed by atoms with E-state index in [2.05, 4.69) is 29.0 Å². The van der Waals surface area contributed by atoms with Gasteiger partial charge in [0, 0.05) is 11.9 Å². The number of methoxy groups -OCH3 is 1. The summed E-state index contributed by atoms with van der Waals surface area (Å²) in [6.07, 6.45) is 2.63. The van der Waals surface area contributed by atoms with Gasteiger partial charge in [-0.2, -0.15) is 5.10 Å². The summed E-state index contributed by atoms with van der Waals surface area (Å²) < 4.78 is 7.07. The molecule has 4 aromatic rings. The van der Waals surface area contributed by atoms with Crippen molar-refractivity contribution >= 4 is 28.9 Å². The molecule has 4 rings (SSSR count). The molecule has 0 amide bonds. The topological polar surface area (TPSA) is 59.1 Å². The maximum atomic E-state index is 9.80. The van der Waals surface area contributed by atoms with Gasteiger partial charge in [0.1, 0.15) is 0 Å². The molecule has 0 aliphatic carbocycles. The summed E-state index contributed by atoms with van der Waals surface area (Å²) >= 11 is 3.25. The van der Waals surface area contributed by atoms with Gasteiger partial charge >= 0.3 is 0 Å². The summed E-state index contributed by atoms with van der Waals surface area (Å²) in [5, 5.41) is 18.6. The van der Waals surface area contributed by atoms with E-state index >= 15 is 0 Å². The smallest absolute Gasteiger partial charge is 0.206 e. The molecule has 0 saturated heterocycles. The van der Waals surface area contributed by atoms with Gasteiger partial charge in [0.25, 0.3) is 0 Å². The molecular formula is C23H21N3O2S2. The quantitative estimate of drug-likeness (QED) is 0.415. The maximum absolute atomic E-state index is 9.80. The van der Waals surface area contributed by atoms with Gasteiger partial charge in [-0.15, -0.1) is 22.7 Å². The minimum Gasteiger partial charge on any atom is -0.504 e. The summed E-state index contributed by atoms with van der Waals surface area (Å²) in [4.78, 5) is 6.78. The van der Waals surface area contributed by atoms with E-state index in [1.807, 2.05) is 28.9 Å². The van der Waals surface area contributed by atoms with Crippen LogP contribution in [-0.4, -0.2) is 29.7 Å². The van der Waals surface area contributed by atoms with E-state index in [1.165, 1.54) is 12.7 Å². The normalized spacial score (nSPS) is 12.0. The third kappa shape index (κ3) is 4.69. The second-order valence-corrected chi connectivity index (χ2v) is 8.27. The molecule has 2 aromatic carbocycles. The number of aromatic hydroxyl groups is 1. The van der Waals surface area contributed by atoms with Crippen molar-refractivity contribution < 1.29 is 9.84 Å². The lowest BCUT2D eigenvalue weighted by molar-refractivity contribution is 0.373. The van der Waals surface area contributed by atoms with Crippen molar-refractivity contribution in [2.75, 3.05) is 13.7 Å². The van der Waals surface area contributed by atoms with Crippen LogP contribution in [0, 0.1) is 0 Å². The van der Waals surface area contributed by atoms with Crippen LogP contribution in [-0.2, 0) is 6.42 Å². The second kappa shape index (κ2) is 9.56. The summed E-state index contributed by atoms with van der Waals surface area (Å²) in [6.45, 7) is 0.691. The van der Waals surface area contributed by atoms with E-state index in [1.54, 1.807) is 47.1 Å². The number of hydrogen-bond donors (Lipinski definition) is 1. The Bertz CT molecular complexity index is 1190. The first-order valence-corrected chi connectivity index (χ1v) is 11.2. The first-order valence-electron chi connectivity index (χ1n) is 9.45. The SMILES string of the molecule is COc1cc(C=Nn2c(-c3cccs3)csc2=NCCc2ccccc2)ccc1O. The molecule has 30 heavy (non-hydrogen) atoms. The van der Waals surface area contributed by atoms with Crippen molar-refractivity contribution in [2.45, 2.75) is 6.42 Å². The fourth-order valence-corrected chi connectivity index (χ4v) is 4.59. The number of thiazole rings is 1. The predicted octanol–water partition coefficient (Wildman–Crippen LogP) is 5.02. The average Bonchev–Trinajstić information content (AvgIpc) is 3.44. The largest absolute Gasteiger partial charge is 0.504 e. The van der Waals surface area contributed by atoms with E-state index in [0.29, 0.717) is 12.3 Å². The number of hydrogen-bond acceptors (Lipinski definition) is 6. The number of phenols is 1. The number of thiophene rings is 1. The van der Waals surface area contributed by atoms with Crippen LogP contribution < -0.4 is 9.54 Å². The van der Waals surface area contributed by atoms with Crippen LogP contribution in [0.25, 0.3) is 10.6 Å². The van der Waals surface area contributed by atoms with Crippen LogP contribution in [0.3, 0.4) is 0 Å². The molecule has 0 spiro atoms. The Morgan fingerprint density at radius 2 is 1.93 bits per heavy atom. The summed E-state index contributed by atoms with van der Waals surface area (Å²) in [7, 11) is 1.53. The first kappa shape index (κ1) is 20.1. The molecule has 152 valence electrons.